The van der Waals surface area contributed by atoms with E-state index >= 15 is 0 Å². The summed E-state index contributed by atoms with van der Waals surface area (Å²) >= 11 is 1.78. The molecule has 0 heterocycles. The summed E-state index contributed by atoms with van der Waals surface area (Å²) in [6, 6.07) is 0. The quantitative estimate of drug-likeness (QED) is 0.499. The Bertz CT molecular complexity index is 313. The molecule has 0 saturated heterocycles. The highest BCUT2D eigenvalue weighted by atomic mass is 32.2. The zero-order chi connectivity index (χ0) is 13.8. The van der Waals surface area contributed by atoms with Crippen LogP contribution in [0.25, 0.3) is 0 Å². The monoisotopic (exact) mass is 266 g/mol. The second-order valence-electron chi connectivity index (χ2n) is 4.30. The van der Waals surface area contributed by atoms with Crippen molar-refractivity contribution in [3.63, 3.8) is 0 Å². The van der Waals surface area contributed by atoms with Crippen molar-refractivity contribution in [1.29, 1.82) is 0 Å². The fourth-order valence-electron chi connectivity index (χ4n) is 1.55. The van der Waals surface area contributed by atoms with Crippen molar-refractivity contribution in [1.82, 2.24) is 0 Å². The molecule has 0 atom stereocenters. The Balaban J connectivity index is 4.14. The molecule has 0 aliphatic heterocycles. The van der Waals surface area contributed by atoms with Crippen molar-refractivity contribution in [3.8, 4) is 0 Å². The van der Waals surface area contributed by atoms with Gasteiger partial charge in [0.1, 0.15) is 5.78 Å². The molecule has 0 spiro atoms. The van der Waals surface area contributed by atoms with E-state index in [0.29, 0.717) is 12.2 Å². The maximum absolute atomic E-state index is 11.6. The topological polar surface area (TPSA) is 17.1 Å². The molecule has 0 bridgehead atoms. The van der Waals surface area contributed by atoms with E-state index in [1.54, 1.807) is 11.8 Å². The molecule has 0 rings (SSSR count). The Morgan fingerprint density at radius 1 is 1.28 bits per heavy atom. The molecule has 1 nitrogen and oxygen atoms in total. The molecule has 0 fully saturated rings. The van der Waals surface area contributed by atoms with Crippen molar-refractivity contribution < 1.29 is 4.79 Å². The normalized spacial score (nSPS) is 12.6. The number of hydrogen-bond donors (Lipinski definition) is 0. The highest BCUT2D eigenvalue weighted by Crippen LogP contribution is 2.25. The molecule has 0 aromatic carbocycles. The predicted molar refractivity (Wildman–Crippen MR) is 83.9 cm³/mol. The first-order valence-electron chi connectivity index (χ1n) is 6.80. The highest BCUT2D eigenvalue weighted by molar-refractivity contribution is 8.03. The van der Waals surface area contributed by atoms with E-state index in [9.17, 15) is 4.79 Å². The van der Waals surface area contributed by atoms with Crippen LogP contribution >= 0.6 is 11.8 Å². The van der Waals surface area contributed by atoms with Gasteiger partial charge in [0.15, 0.2) is 0 Å². The highest BCUT2D eigenvalue weighted by Gasteiger charge is 2.04. The van der Waals surface area contributed by atoms with Crippen LogP contribution in [0, 0.1) is 0 Å². The Morgan fingerprint density at radius 2 is 2.00 bits per heavy atom. The third-order valence-electron chi connectivity index (χ3n) is 2.59. The zero-order valence-corrected chi connectivity index (χ0v) is 12.8. The van der Waals surface area contributed by atoms with Crippen LogP contribution in [0.15, 0.2) is 35.3 Å². The van der Waals surface area contributed by atoms with E-state index in [0.717, 1.165) is 31.4 Å². The standard InChI is InChI=1S/C16H26OS/c1-5-8-11-15(17)12-13-18-16(10-7-3)14(4)9-6-2/h6,9-10H,2,5,7-8,11-13H2,1,3-4H3/b14-9-,16-10+. The smallest absolute Gasteiger partial charge is 0.133 e. The lowest BCUT2D eigenvalue weighted by Crippen LogP contribution is -1.99. The number of Topliss-reactive ketones (excluding diaryl/α,β-unsaturated/α-hetero) is 1. The van der Waals surface area contributed by atoms with Crippen LogP contribution in [0.4, 0.5) is 0 Å². The fraction of sp³-hybridized carbons (Fsp3) is 0.562. The van der Waals surface area contributed by atoms with Crippen LogP contribution < -0.4 is 0 Å². The minimum atomic E-state index is 0.394. The summed E-state index contributed by atoms with van der Waals surface area (Å²) in [6.07, 6.45) is 10.6. The first kappa shape index (κ1) is 17.2. The van der Waals surface area contributed by atoms with Crippen LogP contribution in [0.3, 0.4) is 0 Å². The fourth-order valence-corrected chi connectivity index (χ4v) is 2.68. The SMILES string of the molecule is C=C/C=C(C)\C(=C/CC)SCCC(=O)CCCC. The van der Waals surface area contributed by atoms with Crippen molar-refractivity contribution in [2.24, 2.45) is 0 Å². The summed E-state index contributed by atoms with van der Waals surface area (Å²) in [5.41, 5.74) is 1.23. The number of carbonyl (C=O) groups is 1. The minimum absolute atomic E-state index is 0.394. The number of unbranched alkanes of at least 4 members (excludes halogenated alkanes) is 1. The third kappa shape index (κ3) is 8.35. The summed E-state index contributed by atoms with van der Waals surface area (Å²) in [5, 5.41) is 0. The van der Waals surface area contributed by atoms with Crippen LogP contribution in [0.2, 0.25) is 0 Å². The number of hydrogen-bond acceptors (Lipinski definition) is 2. The number of rotatable bonds is 10. The van der Waals surface area contributed by atoms with Crippen molar-refractivity contribution in [2.45, 2.75) is 52.9 Å². The summed E-state index contributed by atoms with van der Waals surface area (Å²) in [5.74, 6) is 1.28. The minimum Gasteiger partial charge on any atom is -0.300 e. The molecule has 102 valence electrons. The lowest BCUT2D eigenvalue weighted by atomic mass is 10.1. The molecule has 0 radical (unpaired) electrons. The number of carbonyl (C=O) groups excluding carboxylic acids is 1. The van der Waals surface area contributed by atoms with Gasteiger partial charge in [-0.15, -0.1) is 11.8 Å². The van der Waals surface area contributed by atoms with Gasteiger partial charge in [0.2, 0.25) is 0 Å². The molecular weight excluding hydrogens is 240 g/mol. The van der Waals surface area contributed by atoms with Crippen LogP contribution in [0.1, 0.15) is 52.9 Å². The second kappa shape index (κ2) is 11.3. The molecule has 0 saturated carbocycles. The van der Waals surface area contributed by atoms with E-state index in [1.165, 1.54) is 10.5 Å². The first-order valence-corrected chi connectivity index (χ1v) is 7.78. The Hall–Kier alpha value is -0.760. The van der Waals surface area contributed by atoms with Crippen LogP contribution in [-0.4, -0.2) is 11.5 Å². The summed E-state index contributed by atoms with van der Waals surface area (Å²) in [6.45, 7) is 10.1. The Morgan fingerprint density at radius 3 is 2.56 bits per heavy atom. The van der Waals surface area contributed by atoms with E-state index in [-0.39, 0.29) is 0 Å². The average molecular weight is 266 g/mol. The predicted octanol–water partition coefficient (Wildman–Crippen LogP) is 5.30. The van der Waals surface area contributed by atoms with Crippen LogP contribution in [-0.2, 0) is 4.79 Å². The summed E-state index contributed by atoms with van der Waals surface area (Å²) in [4.78, 5) is 12.9. The summed E-state index contributed by atoms with van der Waals surface area (Å²) in [7, 11) is 0. The van der Waals surface area contributed by atoms with Gasteiger partial charge in [-0.1, -0.05) is 45.1 Å². The molecule has 0 aliphatic rings. The van der Waals surface area contributed by atoms with E-state index in [1.807, 2.05) is 12.2 Å². The van der Waals surface area contributed by atoms with Gasteiger partial charge in [0.05, 0.1) is 0 Å². The van der Waals surface area contributed by atoms with E-state index < -0.39 is 0 Å². The average Bonchev–Trinajstić information content (AvgIpc) is 2.35. The molecule has 0 aliphatic carbocycles. The number of ketones is 1. The van der Waals surface area contributed by atoms with Gasteiger partial charge in [-0.05, 0) is 25.3 Å². The van der Waals surface area contributed by atoms with Crippen molar-refractivity contribution in [3.05, 3.63) is 35.3 Å². The van der Waals surface area contributed by atoms with Crippen molar-refractivity contribution >= 4 is 17.5 Å². The Labute approximate surface area is 116 Å². The lowest BCUT2D eigenvalue weighted by Gasteiger charge is -2.07. The molecule has 2 heteroatoms. The van der Waals surface area contributed by atoms with Gasteiger partial charge in [-0.3, -0.25) is 4.79 Å². The second-order valence-corrected chi connectivity index (χ2v) is 5.44. The summed E-state index contributed by atoms with van der Waals surface area (Å²) < 4.78 is 0. The third-order valence-corrected chi connectivity index (χ3v) is 3.80. The van der Waals surface area contributed by atoms with Gasteiger partial charge in [0.25, 0.3) is 0 Å². The van der Waals surface area contributed by atoms with Gasteiger partial charge in [0, 0.05) is 23.5 Å². The van der Waals surface area contributed by atoms with Crippen molar-refractivity contribution in [2.75, 3.05) is 5.75 Å². The lowest BCUT2D eigenvalue weighted by molar-refractivity contribution is -0.118. The number of thioether (sulfide) groups is 1. The van der Waals surface area contributed by atoms with Gasteiger partial charge < -0.3 is 0 Å². The molecule has 0 unspecified atom stereocenters. The Kier molecular flexibility index (Phi) is 10.9. The van der Waals surface area contributed by atoms with Crippen LogP contribution in [0.5, 0.6) is 0 Å². The largest absolute Gasteiger partial charge is 0.300 e. The first-order chi connectivity index (χ1) is 8.65. The molecular formula is C16H26OS. The number of allylic oxidation sites excluding steroid dienone is 4. The van der Waals surface area contributed by atoms with Gasteiger partial charge >= 0.3 is 0 Å². The molecule has 0 N–H and O–H groups in total. The zero-order valence-electron chi connectivity index (χ0n) is 12.0. The molecule has 18 heavy (non-hydrogen) atoms. The molecule has 0 aromatic rings. The van der Waals surface area contributed by atoms with Gasteiger partial charge in [-0.2, -0.15) is 0 Å². The molecule has 0 aromatic heterocycles. The van der Waals surface area contributed by atoms with E-state index in [4.69, 9.17) is 0 Å². The van der Waals surface area contributed by atoms with E-state index in [2.05, 4.69) is 33.4 Å². The van der Waals surface area contributed by atoms with Gasteiger partial charge in [-0.25, -0.2) is 0 Å². The maximum Gasteiger partial charge on any atom is 0.133 e. The maximum atomic E-state index is 11.6. The molecule has 0 amide bonds.